The molecule has 1 fully saturated rings. The SMILES string of the molecule is CNC1CCC(Nc2ccc(Cl)cc2)CC1. The van der Waals surface area contributed by atoms with Gasteiger partial charge in [0.2, 0.25) is 0 Å². The zero-order chi connectivity index (χ0) is 11.4. The lowest BCUT2D eigenvalue weighted by atomic mass is 9.91. The van der Waals surface area contributed by atoms with E-state index in [2.05, 4.69) is 17.7 Å². The van der Waals surface area contributed by atoms with Crippen molar-refractivity contribution in [3.8, 4) is 0 Å². The minimum atomic E-state index is 0.616. The summed E-state index contributed by atoms with van der Waals surface area (Å²) in [6.45, 7) is 0. The zero-order valence-electron chi connectivity index (χ0n) is 9.67. The maximum absolute atomic E-state index is 5.86. The summed E-state index contributed by atoms with van der Waals surface area (Å²) in [4.78, 5) is 0. The molecule has 0 saturated heterocycles. The Bertz CT molecular complexity index is 315. The molecule has 88 valence electrons. The normalized spacial score (nSPS) is 25.4. The number of halogens is 1. The van der Waals surface area contributed by atoms with E-state index in [9.17, 15) is 0 Å². The van der Waals surface area contributed by atoms with Crippen LogP contribution >= 0.6 is 11.6 Å². The number of nitrogens with one attached hydrogen (secondary N) is 2. The van der Waals surface area contributed by atoms with Gasteiger partial charge < -0.3 is 10.6 Å². The summed E-state index contributed by atoms with van der Waals surface area (Å²) in [5.41, 5.74) is 1.18. The molecule has 1 aliphatic carbocycles. The van der Waals surface area contributed by atoms with Crippen molar-refractivity contribution in [2.24, 2.45) is 0 Å². The van der Waals surface area contributed by atoms with Gasteiger partial charge in [-0.15, -0.1) is 0 Å². The largest absolute Gasteiger partial charge is 0.382 e. The van der Waals surface area contributed by atoms with Gasteiger partial charge in [-0.25, -0.2) is 0 Å². The van der Waals surface area contributed by atoms with Crippen molar-refractivity contribution in [1.82, 2.24) is 5.32 Å². The van der Waals surface area contributed by atoms with Gasteiger partial charge in [0.05, 0.1) is 0 Å². The van der Waals surface area contributed by atoms with Crippen molar-refractivity contribution in [2.45, 2.75) is 37.8 Å². The number of hydrogen-bond acceptors (Lipinski definition) is 2. The predicted molar refractivity (Wildman–Crippen MR) is 70.2 cm³/mol. The standard InChI is InChI=1S/C13H19ClN2/c1-15-11-6-8-13(9-7-11)16-12-4-2-10(14)3-5-12/h2-5,11,13,15-16H,6-9H2,1H3. The van der Waals surface area contributed by atoms with Crippen LogP contribution in [-0.2, 0) is 0 Å². The highest BCUT2D eigenvalue weighted by Gasteiger charge is 2.19. The Hall–Kier alpha value is -0.730. The molecule has 1 saturated carbocycles. The topological polar surface area (TPSA) is 24.1 Å². The summed E-state index contributed by atoms with van der Waals surface area (Å²) >= 11 is 5.86. The van der Waals surface area contributed by atoms with Gasteiger partial charge in [0.15, 0.2) is 0 Å². The summed E-state index contributed by atoms with van der Waals surface area (Å²) in [6.07, 6.45) is 5.02. The molecule has 1 aromatic carbocycles. The number of benzene rings is 1. The van der Waals surface area contributed by atoms with Crippen LogP contribution in [0, 0.1) is 0 Å². The molecule has 0 amide bonds. The van der Waals surface area contributed by atoms with Crippen LogP contribution in [0.4, 0.5) is 5.69 Å². The van der Waals surface area contributed by atoms with Crippen LogP contribution in [0.25, 0.3) is 0 Å². The Balaban J connectivity index is 1.84. The Morgan fingerprint density at radius 1 is 1.00 bits per heavy atom. The molecule has 16 heavy (non-hydrogen) atoms. The van der Waals surface area contributed by atoms with Crippen molar-refractivity contribution in [2.75, 3.05) is 12.4 Å². The van der Waals surface area contributed by atoms with Crippen LogP contribution in [0.1, 0.15) is 25.7 Å². The lowest BCUT2D eigenvalue weighted by molar-refractivity contribution is 0.371. The fourth-order valence-electron chi connectivity index (χ4n) is 2.31. The number of anilines is 1. The quantitative estimate of drug-likeness (QED) is 0.845. The van der Waals surface area contributed by atoms with Crippen LogP contribution in [0.15, 0.2) is 24.3 Å². The Labute approximate surface area is 102 Å². The van der Waals surface area contributed by atoms with Crippen LogP contribution in [0.5, 0.6) is 0 Å². The van der Waals surface area contributed by atoms with E-state index in [1.54, 1.807) is 0 Å². The van der Waals surface area contributed by atoms with E-state index in [-0.39, 0.29) is 0 Å². The molecule has 0 atom stereocenters. The minimum absolute atomic E-state index is 0.616. The van der Waals surface area contributed by atoms with E-state index in [1.165, 1.54) is 31.4 Å². The van der Waals surface area contributed by atoms with E-state index in [4.69, 9.17) is 11.6 Å². The first kappa shape index (κ1) is 11.7. The molecular formula is C13H19ClN2. The van der Waals surface area contributed by atoms with Crippen LogP contribution in [0.2, 0.25) is 5.02 Å². The predicted octanol–water partition coefficient (Wildman–Crippen LogP) is 3.28. The molecule has 0 aliphatic heterocycles. The Morgan fingerprint density at radius 3 is 2.12 bits per heavy atom. The minimum Gasteiger partial charge on any atom is -0.382 e. The second kappa shape index (κ2) is 5.55. The Morgan fingerprint density at radius 2 is 1.56 bits per heavy atom. The average Bonchev–Trinajstić information content (AvgIpc) is 2.33. The van der Waals surface area contributed by atoms with Crippen molar-refractivity contribution < 1.29 is 0 Å². The second-order valence-electron chi connectivity index (χ2n) is 4.49. The molecule has 0 unspecified atom stereocenters. The summed E-state index contributed by atoms with van der Waals surface area (Å²) < 4.78 is 0. The molecule has 1 aliphatic rings. The molecule has 0 heterocycles. The van der Waals surface area contributed by atoms with Crippen molar-refractivity contribution in [1.29, 1.82) is 0 Å². The summed E-state index contributed by atoms with van der Waals surface area (Å²) in [7, 11) is 2.05. The molecule has 2 nitrogen and oxygen atoms in total. The van der Waals surface area contributed by atoms with Crippen LogP contribution in [0.3, 0.4) is 0 Å². The Kier molecular flexibility index (Phi) is 4.08. The maximum atomic E-state index is 5.86. The smallest absolute Gasteiger partial charge is 0.0407 e. The maximum Gasteiger partial charge on any atom is 0.0407 e. The highest BCUT2D eigenvalue weighted by molar-refractivity contribution is 6.30. The molecule has 0 aromatic heterocycles. The molecule has 0 radical (unpaired) electrons. The van der Waals surface area contributed by atoms with E-state index >= 15 is 0 Å². The van der Waals surface area contributed by atoms with Crippen LogP contribution in [-0.4, -0.2) is 19.1 Å². The van der Waals surface area contributed by atoms with Crippen molar-refractivity contribution in [3.05, 3.63) is 29.3 Å². The van der Waals surface area contributed by atoms with Crippen molar-refractivity contribution in [3.63, 3.8) is 0 Å². The molecule has 0 bridgehead atoms. The summed E-state index contributed by atoms with van der Waals surface area (Å²) in [5, 5.41) is 7.71. The van der Waals surface area contributed by atoms with Crippen LogP contribution < -0.4 is 10.6 Å². The molecular weight excluding hydrogens is 220 g/mol. The lowest BCUT2D eigenvalue weighted by Crippen LogP contribution is -2.34. The third-order valence-electron chi connectivity index (χ3n) is 3.35. The van der Waals surface area contributed by atoms with Gasteiger partial charge in [-0.2, -0.15) is 0 Å². The highest BCUT2D eigenvalue weighted by atomic mass is 35.5. The first-order valence-electron chi connectivity index (χ1n) is 5.97. The van der Waals surface area contributed by atoms with Gasteiger partial charge in [0.25, 0.3) is 0 Å². The molecule has 3 heteroatoms. The third kappa shape index (κ3) is 3.13. The van der Waals surface area contributed by atoms with Gasteiger partial charge in [-0.1, -0.05) is 11.6 Å². The monoisotopic (exact) mass is 238 g/mol. The van der Waals surface area contributed by atoms with E-state index in [0.29, 0.717) is 12.1 Å². The molecule has 2 rings (SSSR count). The fourth-order valence-corrected chi connectivity index (χ4v) is 2.43. The summed E-state index contributed by atoms with van der Waals surface area (Å²) in [6, 6.07) is 9.29. The van der Waals surface area contributed by atoms with E-state index in [0.717, 1.165) is 5.02 Å². The first-order chi connectivity index (χ1) is 7.78. The van der Waals surface area contributed by atoms with Gasteiger partial charge in [0, 0.05) is 22.8 Å². The van der Waals surface area contributed by atoms with Crippen molar-refractivity contribution >= 4 is 17.3 Å². The third-order valence-corrected chi connectivity index (χ3v) is 3.60. The molecule has 0 spiro atoms. The number of rotatable bonds is 3. The second-order valence-corrected chi connectivity index (χ2v) is 4.92. The van der Waals surface area contributed by atoms with Gasteiger partial charge in [-0.3, -0.25) is 0 Å². The highest BCUT2D eigenvalue weighted by Crippen LogP contribution is 2.22. The molecule has 2 N–H and O–H groups in total. The van der Waals surface area contributed by atoms with Gasteiger partial charge in [0.1, 0.15) is 0 Å². The van der Waals surface area contributed by atoms with Gasteiger partial charge in [-0.05, 0) is 57.0 Å². The van der Waals surface area contributed by atoms with E-state index < -0.39 is 0 Å². The first-order valence-corrected chi connectivity index (χ1v) is 6.35. The number of hydrogen-bond donors (Lipinski definition) is 2. The average molecular weight is 239 g/mol. The summed E-state index contributed by atoms with van der Waals surface area (Å²) in [5.74, 6) is 0. The fraction of sp³-hybridized carbons (Fsp3) is 0.538. The molecule has 1 aromatic rings. The zero-order valence-corrected chi connectivity index (χ0v) is 10.4. The van der Waals surface area contributed by atoms with E-state index in [1.807, 2.05) is 24.3 Å². The van der Waals surface area contributed by atoms with Gasteiger partial charge >= 0.3 is 0 Å². The lowest BCUT2D eigenvalue weighted by Gasteiger charge is -2.29.